The molecule has 3 nitrogen and oxygen atoms in total. The second-order valence-electron chi connectivity index (χ2n) is 6.76. The average Bonchev–Trinajstić information content (AvgIpc) is 2.59. The van der Waals surface area contributed by atoms with Crippen LogP contribution in [0, 0.1) is 5.92 Å². The van der Waals surface area contributed by atoms with Gasteiger partial charge in [-0.3, -0.25) is 9.79 Å². The summed E-state index contributed by atoms with van der Waals surface area (Å²) in [6.07, 6.45) is 2.96. The summed E-state index contributed by atoms with van der Waals surface area (Å²) in [5.41, 5.74) is 6.47. The van der Waals surface area contributed by atoms with Crippen molar-refractivity contribution in [3.8, 4) is 0 Å². The molecule has 0 atom stereocenters. The molecule has 0 unspecified atom stereocenters. The maximum absolute atomic E-state index is 11.8. The summed E-state index contributed by atoms with van der Waals surface area (Å²) >= 11 is 0. The Kier molecular flexibility index (Phi) is 6.50. The molecular weight excluding hydrogens is 298 g/mol. The van der Waals surface area contributed by atoms with Gasteiger partial charge in [0.15, 0.2) is 5.78 Å². The number of Topliss-reactive ketones (excluding diaryl/α,β-unsaturated/α-hetero) is 1. The van der Waals surface area contributed by atoms with Crippen molar-refractivity contribution in [3.63, 3.8) is 0 Å². The number of carbonyl (C=O) groups is 1. The van der Waals surface area contributed by atoms with E-state index in [4.69, 9.17) is 9.73 Å². The van der Waals surface area contributed by atoms with Gasteiger partial charge >= 0.3 is 0 Å². The molecule has 0 spiro atoms. The molecular formula is C21H29NO2. The lowest BCUT2D eigenvalue weighted by atomic mass is 9.88. The number of ketones is 1. The number of allylic oxidation sites excluding steroid dienone is 1. The minimum atomic E-state index is 0.125. The summed E-state index contributed by atoms with van der Waals surface area (Å²) in [4.78, 5) is 16.7. The van der Waals surface area contributed by atoms with Crippen molar-refractivity contribution < 1.29 is 9.53 Å². The molecule has 1 aromatic rings. The van der Waals surface area contributed by atoms with E-state index in [1.54, 1.807) is 6.92 Å². The van der Waals surface area contributed by atoms with Crippen molar-refractivity contribution in [1.29, 1.82) is 0 Å². The lowest BCUT2D eigenvalue weighted by molar-refractivity contribution is 0.0759. The summed E-state index contributed by atoms with van der Waals surface area (Å²) in [6, 6.07) is 6.14. The number of aryl methyl sites for hydroxylation is 1. The highest BCUT2D eigenvalue weighted by Gasteiger charge is 2.20. The molecule has 0 aliphatic carbocycles. The van der Waals surface area contributed by atoms with Crippen LogP contribution in [0.25, 0.3) is 5.70 Å². The third-order valence-corrected chi connectivity index (χ3v) is 4.68. The van der Waals surface area contributed by atoms with Crippen LogP contribution in [0.4, 0.5) is 0 Å². The lowest BCUT2D eigenvalue weighted by Crippen LogP contribution is -2.17. The van der Waals surface area contributed by atoms with Crippen LogP contribution in [-0.2, 0) is 11.2 Å². The van der Waals surface area contributed by atoms with E-state index in [0.29, 0.717) is 5.92 Å². The number of rotatable bonds is 5. The minimum absolute atomic E-state index is 0.125. The van der Waals surface area contributed by atoms with E-state index in [9.17, 15) is 4.79 Å². The van der Waals surface area contributed by atoms with Crippen molar-refractivity contribution in [2.45, 2.75) is 53.9 Å². The number of hydrogen-bond donors (Lipinski definition) is 0. The lowest BCUT2D eigenvalue weighted by Gasteiger charge is -2.24. The number of aliphatic imine (C=N–C) groups is 1. The molecule has 1 saturated heterocycles. The highest BCUT2D eigenvalue weighted by molar-refractivity contribution is 5.96. The van der Waals surface area contributed by atoms with E-state index in [-0.39, 0.29) is 5.78 Å². The Labute approximate surface area is 145 Å². The number of nitrogens with zero attached hydrogens (tertiary/aromatic N) is 1. The molecule has 1 aliphatic heterocycles. The van der Waals surface area contributed by atoms with Gasteiger partial charge in [-0.1, -0.05) is 19.1 Å². The first-order valence-corrected chi connectivity index (χ1v) is 8.88. The Morgan fingerprint density at radius 1 is 1.17 bits per heavy atom. The van der Waals surface area contributed by atoms with E-state index >= 15 is 0 Å². The molecule has 0 N–H and O–H groups in total. The van der Waals surface area contributed by atoms with Crippen molar-refractivity contribution in [3.05, 3.63) is 40.5 Å². The maximum Gasteiger partial charge on any atom is 0.160 e. The Morgan fingerprint density at radius 3 is 2.38 bits per heavy atom. The molecule has 1 aliphatic rings. The van der Waals surface area contributed by atoms with Crippen LogP contribution in [-0.4, -0.2) is 24.7 Å². The third-order valence-electron chi connectivity index (χ3n) is 4.68. The van der Waals surface area contributed by atoms with Gasteiger partial charge in [0.1, 0.15) is 0 Å². The summed E-state index contributed by atoms with van der Waals surface area (Å²) in [5, 5.41) is 0. The van der Waals surface area contributed by atoms with Crippen molar-refractivity contribution in [2.75, 3.05) is 13.2 Å². The molecule has 0 bridgehead atoms. The van der Waals surface area contributed by atoms with Crippen molar-refractivity contribution in [1.82, 2.24) is 0 Å². The first-order valence-electron chi connectivity index (χ1n) is 8.88. The molecule has 2 rings (SSSR count). The van der Waals surface area contributed by atoms with Crippen LogP contribution in [0.1, 0.15) is 68.9 Å². The maximum atomic E-state index is 11.8. The molecule has 0 radical (unpaired) electrons. The van der Waals surface area contributed by atoms with E-state index in [1.807, 2.05) is 26.0 Å². The normalized spacial score (nSPS) is 16.5. The smallest absolute Gasteiger partial charge is 0.160 e. The zero-order chi connectivity index (χ0) is 17.7. The largest absolute Gasteiger partial charge is 0.381 e. The highest BCUT2D eigenvalue weighted by atomic mass is 16.5. The van der Waals surface area contributed by atoms with Gasteiger partial charge in [-0.15, -0.1) is 0 Å². The fraction of sp³-hybridized carbons (Fsp3) is 0.524. The van der Waals surface area contributed by atoms with Gasteiger partial charge in [0, 0.05) is 30.1 Å². The quantitative estimate of drug-likeness (QED) is 0.558. The van der Waals surface area contributed by atoms with E-state index in [1.165, 1.54) is 5.57 Å². The predicted molar refractivity (Wildman–Crippen MR) is 101 cm³/mol. The number of benzene rings is 1. The minimum Gasteiger partial charge on any atom is -0.381 e. The molecule has 1 fully saturated rings. The topological polar surface area (TPSA) is 38.7 Å². The summed E-state index contributed by atoms with van der Waals surface area (Å²) in [5.74, 6) is 0.648. The fourth-order valence-corrected chi connectivity index (χ4v) is 3.30. The van der Waals surface area contributed by atoms with E-state index < -0.39 is 0 Å². The Hall–Kier alpha value is -1.74. The van der Waals surface area contributed by atoms with Crippen molar-refractivity contribution >= 4 is 17.2 Å². The molecule has 24 heavy (non-hydrogen) atoms. The van der Waals surface area contributed by atoms with Gasteiger partial charge in [0.05, 0.1) is 5.70 Å². The number of carbonyl (C=O) groups excluding carboxylic acids is 1. The standard InChI is InChI=1S/C21H29NO2/c1-6-17-13-19(7-8-20(17)16(5)23)21(22-14(2)3)15(4)18-9-11-24-12-10-18/h7-8,13,18H,6,9-12H2,1-5H3/b21-15+. The van der Waals surface area contributed by atoms with Crippen LogP contribution in [0.2, 0.25) is 0 Å². The van der Waals surface area contributed by atoms with Gasteiger partial charge in [0.25, 0.3) is 0 Å². The number of hydrogen-bond acceptors (Lipinski definition) is 3. The molecule has 1 heterocycles. The first-order chi connectivity index (χ1) is 11.4. The van der Waals surface area contributed by atoms with Gasteiger partial charge in [-0.2, -0.15) is 0 Å². The van der Waals surface area contributed by atoms with Crippen molar-refractivity contribution in [2.24, 2.45) is 10.9 Å². The average molecular weight is 327 g/mol. The molecule has 0 amide bonds. The first kappa shape index (κ1) is 18.6. The second kappa shape index (κ2) is 8.39. The Balaban J connectivity index is 2.52. The van der Waals surface area contributed by atoms with Crippen LogP contribution in [0.3, 0.4) is 0 Å². The SMILES string of the molecule is CCc1cc(/C(N=C(C)C)=C(/C)C2CCOCC2)ccc1C(C)=O. The van der Waals surface area contributed by atoms with Gasteiger partial charge in [0.2, 0.25) is 0 Å². The predicted octanol–water partition coefficient (Wildman–Crippen LogP) is 5.09. The van der Waals surface area contributed by atoms with Crippen LogP contribution < -0.4 is 0 Å². The fourth-order valence-electron chi connectivity index (χ4n) is 3.30. The van der Waals surface area contributed by atoms with Crippen LogP contribution in [0.15, 0.2) is 28.8 Å². The summed E-state index contributed by atoms with van der Waals surface area (Å²) < 4.78 is 5.50. The Morgan fingerprint density at radius 2 is 1.83 bits per heavy atom. The second-order valence-corrected chi connectivity index (χ2v) is 6.76. The monoisotopic (exact) mass is 327 g/mol. The third kappa shape index (κ3) is 4.41. The van der Waals surface area contributed by atoms with E-state index in [0.717, 1.165) is 60.6 Å². The molecule has 3 heteroatoms. The van der Waals surface area contributed by atoms with E-state index in [2.05, 4.69) is 19.9 Å². The van der Waals surface area contributed by atoms with Crippen LogP contribution >= 0.6 is 0 Å². The molecule has 130 valence electrons. The zero-order valence-corrected chi connectivity index (χ0v) is 15.6. The molecule has 0 aromatic heterocycles. The molecule has 0 saturated carbocycles. The van der Waals surface area contributed by atoms with Crippen LogP contribution in [0.5, 0.6) is 0 Å². The summed E-state index contributed by atoms with van der Waals surface area (Å²) in [7, 11) is 0. The summed E-state index contributed by atoms with van der Waals surface area (Å²) in [6.45, 7) is 11.6. The zero-order valence-electron chi connectivity index (χ0n) is 15.6. The van der Waals surface area contributed by atoms with Gasteiger partial charge < -0.3 is 4.74 Å². The van der Waals surface area contributed by atoms with Gasteiger partial charge in [-0.05, 0) is 70.1 Å². The highest BCUT2D eigenvalue weighted by Crippen LogP contribution is 2.32. The molecule has 1 aromatic carbocycles. The Bertz CT molecular complexity index is 660. The number of ether oxygens (including phenoxy) is 1. The van der Waals surface area contributed by atoms with Gasteiger partial charge in [-0.25, -0.2) is 0 Å².